The summed E-state index contributed by atoms with van der Waals surface area (Å²) in [4.78, 5) is 4.17. The zero-order valence-corrected chi connectivity index (χ0v) is 11.4. The number of halogens is 2. The molecule has 0 fully saturated rings. The van der Waals surface area contributed by atoms with E-state index in [1.165, 1.54) is 0 Å². The van der Waals surface area contributed by atoms with Gasteiger partial charge in [0.25, 0.3) is 0 Å². The maximum Gasteiger partial charge on any atom is 0.0892 e. The molecule has 0 bridgehead atoms. The number of pyridine rings is 1. The van der Waals surface area contributed by atoms with E-state index >= 15 is 0 Å². The zero-order chi connectivity index (χ0) is 12.1. The molecular weight excluding hydrogens is 302 g/mol. The SMILES string of the molecule is Clc1ccnc(COCc2ccc(Br)cc2)c1. The summed E-state index contributed by atoms with van der Waals surface area (Å²) in [6.07, 6.45) is 1.68. The van der Waals surface area contributed by atoms with E-state index in [-0.39, 0.29) is 0 Å². The number of ether oxygens (including phenoxy) is 1. The van der Waals surface area contributed by atoms with Crippen molar-refractivity contribution in [1.82, 2.24) is 4.98 Å². The van der Waals surface area contributed by atoms with Crippen LogP contribution in [0.5, 0.6) is 0 Å². The molecule has 0 unspecified atom stereocenters. The highest BCUT2D eigenvalue weighted by Crippen LogP contribution is 2.12. The normalized spacial score (nSPS) is 10.5. The molecular formula is C13H11BrClNO. The highest BCUT2D eigenvalue weighted by molar-refractivity contribution is 9.10. The van der Waals surface area contributed by atoms with E-state index in [2.05, 4.69) is 20.9 Å². The molecule has 4 heteroatoms. The fraction of sp³-hybridized carbons (Fsp3) is 0.154. The van der Waals surface area contributed by atoms with Gasteiger partial charge in [0.2, 0.25) is 0 Å². The Bertz CT molecular complexity index is 487. The highest BCUT2D eigenvalue weighted by Gasteiger charge is 1.97. The Morgan fingerprint density at radius 2 is 1.88 bits per heavy atom. The van der Waals surface area contributed by atoms with Gasteiger partial charge in [0, 0.05) is 15.7 Å². The van der Waals surface area contributed by atoms with E-state index in [1.807, 2.05) is 30.3 Å². The van der Waals surface area contributed by atoms with Crippen molar-refractivity contribution in [3.8, 4) is 0 Å². The summed E-state index contributed by atoms with van der Waals surface area (Å²) in [6, 6.07) is 11.6. The van der Waals surface area contributed by atoms with Crippen molar-refractivity contribution in [3.05, 3.63) is 63.3 Å². The molecule has 1 aromatic heterocycles. The van der Waals surface area contributed by atoms with E-state index in [0.717, 1.165) is 15.7 Å². The Balaban J connectivity index is 1.85. The van der Waals surface area contributed by atoms with Crippen molar-refractivity contribution in [1.29, 1.82) is 0 Å². The fourth-order valence-corrected chi connectivity index (χ4v) is 1.83. The van der Waals surface area contributed by atoms with Crippen LogP contribution in [0.2, 0.25) is 5.02 Å². The third-order valence-electron chi connectivity index (χ3n) is 2.21. The zero-order valence-electron chi connectivity index (χ0n) is 9.07. The minimum absolute atomic E-state index is 0.469. The number of nitrogens with zero attached hydrogens (tertiary/aromatic N) is 1. The summed E-state index contributed by atoms with van der Waals surface area (Å²) >= 11 is 9.25. The topological polar surface area (TPSA) is 22.1 Å². The molecule has 0 saturated heterocycles. The predicted octanol–water partition coefficient (Wildman–Crippen LogP) is 4.21. The average molecular weight is 313 g/mol. The van der Waals surface area contributed by atoms with Crippen molar-refractivity contribution in [2.75, 3.05) is 0 Å². The van der Waals surface area contributed by atoms with Crippen LogP contribution in [0.3, 0.4) is 0 Å². The largest absolute Gasteiger partial charge is 0.370 e. The summed E-state index contributed by atoms with van der Waals surface area (Å²) in [7, 11) is 0. The first-order valence-electron chi connectivity index (χ1n) is 5.16. The standard InChI is InChI=1S/C13H11BrClNO/c14-11-3-1-10(2-4-11)8-17-9-13-7-12(15)5-6-16-13/h1-7H,8-9H2. The second-order valence-corrected chi connectivity index (χ2v) is 4.94. The second-order valence-electron chi connectivity index (χ2n) is 3.58. The van der Waals surface area contributed by atoms with Gasteiger partial charge in [0.05, 0.1) is 18.9 Å². The van der Waals surface area contributed by atoms with E-state index in [9.17, 15) is 0 Å². The quantitative estimate of drug-likeness (QED) is 0.843. The Hall–Kier alpha value is -0.900. The summed E-state index contributed by atoms with van der Waals surface area (Å²) in [5.74, 6) is 0. The highest BCUT2D eigenvalue weighted by atomic mass is 79.9. The average Bonchev–Trinajstić information content (AvgIpc) is 2.32. The third-order valence-corrected chi connectivity index (χ3v) is 2.97. The fourth-order valence-electron chi connectivity index (χ4n) is 1.38. The Morgan fingerprint density at radius 1 is 1.12 bits per heavy atom. The molecule has 0 radical (unpaired) electrons. The van der Waals surface area contributed by atoms with Crippen molar-refractivity contribution >= 4 is 27.5 Å². The lowest BCUT2D eigenvalue weighted by molar-refractivity contribution is 0.104. The van der Waals surface area contributed by atoms with Gasteiger partial charge in [-0.25, -0.2) is 0 Å². The minimum Gasteiger partial charge on any atom is -0.370 e. The van der Waals surface area contributed by atoms with Crippen LogP contribution in [0.15, 0.2) is 47.1 Å². The maximum absolute atomic E-state index is 5.86. The molecule has 0 spiro atoms. The van der Waals surface area contributed by atoms with Crippen molar-refractivity contribution < 1.29 is 4.74 Å². The molecule has 0 aliphatic carbocycles. The molecule has 0 aliphatic heterocycles. The molecule has 1 aromatic carbocycles. The molecule has 0 atom stereocenters. The number of hydrogen-bond donors (Lipinski definition) is 0. The minimum atomic E-state index is 0.469. The number of rotatable bonds is 4. The Labute approximate surface area is 114 Å². The van der Waals surface area contributed by atoms with Gasteiger partial charge >= 0.3 is 0 Å². The first-order chi connectivity index (χ1) is 8.24. The van der Waals surface area contributed by atoms with Gasteiger partial charge in [-0.15, -0.1) is 0 Å². The molecule has 2 rings (SSSR count). The summed E-state index contributed by atoms with van der Waals surface area (Å²) < 4.78 is 6.63. The third kappa shape index (κ3) is 4.11. The molecule has 1 heterocycles. The number of benzene rings is 1. The van der Waals surface area contributed by atoms with Crippen molar-refractivity contribution in [2.24, 2.45) is 0 Å². The maximum atomic E-state index is 5.86. The van der Waals surface area contributed by atoms with Crippen LogP contribution in [-0.2, 0) is 18.0 Å². The predicted molar refractivity (Wildman–Crippen MR) is 71.9 cm³/mol. The van der Waals surface area contributed by atoms with Gasteiger partial charge in [0.1, 0.15) is 0 Å². The number of aromatic nitrogens is 1. The Morgan fingerprint density at radius 3 is 2.59 bits per heavy atom. The van der Waals surface area contributed by atoms with E-state index in [0.29, 0.717) is 18.2 Å². The van der Waals surface area contributed by atoms with Gasteiger partial charge in [0.15, 0.2) is 0 Å². The lowest BCUT2D eigenvalue weighted by Gasteiger charge is -2.04. The molecule has 0 amide bonds. The smallest absolute Gasteiger partial charge is 0.0892 e. The van der Waals surface area contributed by atoms with Gasteiger partial charge < -0.3 is 4.74 Å². The van der Waals surface area contributed by atoms with Crippen LogP contribution in [0.4, 0.5) is 0 Å². The van der Waals surface area contributed by atoms with E-state index in [1.54, 1.807) is 12.3 Å². The number of hydrogen-bond acceptors (Lipinski definition) is 2. The van der Waals surface area contributed by atoms with Crippen LogP contribution in [0.25, 0.3) is 0 Å². The molecule has 0 saturated carbocycles. The molecule has 0 N–H and O–H groups in total. The molecule has 88 valence electrons. The van der Waals surface area contributed by atoms with Gasteiger partial charge in [-0.3, -0.25) is 4.98 Å². The molecule has 0 aliphatic rings. The van der Waals surface area contributed by atoms with Crippen LogP contribution in [0.1, 0.15) is 11.3 Å². The van der Waals surface area contributed by atoms with Gasteiger partial charge in [-0.05, 0) is 29.8 Å². The molecule has 2 nitrogen and oxygen atoms in total. The Kier molecular flexibility index (Phi) is 4.54. The van der Waals surface area contributed by atoms with Crippen molar-refractivity contribution in [2.45, 2.75) is 13.2 Å². The van der Waals surface area contributed by atoms with E-state index < -0.39 is 0 Å². The lowest BCUT2D eigenvalue weighted by atomic mass is 10.2. The summed E-state index contributed by atoms with van der Waals surface area (Å²) in [6.45, 7) is 1.04. The van der Waals surface area contributed by atoms with Gasteiger partial charge in [-0.1, -0.05) is 39.7 Å². The first kappa shape index (κ1) is 12.6. The molecule has 2 aromatic rings. The summed E-state index contributed by atoms with van der Waals surface area (Å²) in [5.41, 5.74) is 1.98. The van der Waals surface area contributed by atoms with Crippen LogP contribution in [-0.4, -0.2) is 4.98 Å². The van der Waals surface area contributed by atoms with Crippen LogP contribution < -0.4 is 0 Å². The second kappa shape index (κ2) is 6.15. The van der Waals surface area contributed by atoms with Crippen LogP contribution in [0, 0.1) is 0 Å². The van der Waals surface area contributed by atoms with E-state index in [4.69, 9.17) is 16.3 Å². The monoisotopic (exact) mass is 311 g/mol. The summed E-state index contributed by atoms with van der Waals surface area (Å²) in [5, 5.41) is 0.683. The first-order valence-corrected chi connectivity index (χ1v) is 6.34. The lowest BCUT2D eigenvalue weighted by Crippen LogP contribution is -1.96. The van der Waals surface area contributed by atoms with Crippen LogP contribution >= 0.6 is 27.5 Å². The van der Waals surface area contributed by atoms with Gasteiger partial charge in [-0.2, -0.15) is 0 Å². The van der Waals surface area contributed by atoms with Crippen molar-refractivity contribution in [3.63, 3.8) is 0 Å². The molecule has 17 heavy (non-hydrogen) atoms.